The van der Waals surface area contributed by atoms with Gasteiger partial charge < -0.3 is 41.6 Å². The van der Waals surface area contributed by atoms with Crippen LogP contribution in [-0.4, -0.2) is 92.9 Å². The first-order valence-corrected chi connectivity index (χ1v) is 9.42. The molecule has 1 aliphatic heterocycles. The summed E-state index contributed by atoms with van der Waals surface area (Å²) in [4.78, 5) is 54.7. The average molecular weight is 426 g/mol. The minimum absolute atomic E-state index is 0.0864. The van der Waals surface area contributed by atoms with Crippen molar-refractivity contribution in [3.63, 3.8) is 0 Å². The van der Waals surface area contributed by atoms with Crippen LogP contribution in [0.3, 0.4) is 0 Å². The highest BCUT2D eigenvalue weighted by molar-refractivity contribution is 5.94. The van der Waals surface area contributed by atoms with Gasteiger partial charge in [0, 0.05) is 18.3 Å². The number of H-pyrrole nitrogens is 1. The number of aromatic nitrogens is 2. The molecule has 4 unspecified atom stereocenters. The summed E-state index contributed by atoms with van der Waals surface area (Å²) >= 11 is 0. The number of nitrogens with zero attached hydrogens (tertiary/aromatic N) is 1. The molecule has 0 spiro atoms. The number of aromatic amines is 1. The first-order valence-electron chi connectivity index (χ1n) is 9.42. The van der Waals surface area contributed by atoms with Gasteiger partial charge in [0.05, 0.1) is 25.6 Å². The molecule has 1 saturated heterocycles. The van der Waals surface area contributed by atoms with Crippen LogP contribution in [0.15, 0.2) is 12.5 Å². The number of carbonyl (C=O) groups excluding carboxylic acids is 3. The zero-order valence-corrected chi connectivity index (χ0v) is 16.1. The van der Waals surface area contributed by atoms with Crippen LogP contribution in [0.1, 0.15) is 18.5 Å². The lowest BCUT2D eigenvalue weighted by Gasteiger charge is -2.23. The van der Waals surface area contributed by atoms with Crippen LogP contribution in [-0.2, 0) is 25.6 Å². The van der Waals surface area contributed by atoms with Crippen LogP contribution in [0.5, 0.6) is 0 Å². The fourth-order valence-electron chi connectivity index (χ4n) is 2.93. The molecule has 13 heteroatoms. The third-order valence-electron chi connectivity index (χ3n) is 4.60. The molecule has 2 heterocycles. The lowest BCUT2D eigenvalue weighted by molar-refractivity contribution is -0.142. The van der Waals surface area contributed by atoms with Gasteiger partial charge in [0.2, 0.25) is 17.7 Å². The van der Waals surface area contributed by atoms with Crippen LogP contribution >= 0.6 is 0 Å². The van der Waals surface area contributed by atoms with Gasteiger partial charge in [-0.25, -0.2) is 9.78 Å². The lowest BCUT2D eigenvalue weighted by Crippen LogP contribution is -2.59. The SMILES string of the molecule is O=C(O)C(Cc1cnc[nH]1)NC(=O)C(CO)NC(=O)C(CO)NC(=O)C1CCCN1. The fourth-order valence-corrected chi connectivity index (χ4v) is 2.93. The van der Waals surface area contributed by atoms with E-state index in [-0.39, 0.29) is 6.42 Å². The van der Waals surface area contributed by atoms with E-state index in [1.165, 1.54) is 12.5 Å². The molecule has 1 aliphatic rings. The second-order valence-corrected chi connectivity index (χ2v) is 6.82. The highest BCUT2D eigenvalue weighted by Crippen LogP contribution is 2.05. The number of aliphatic carboxylic acids is 1. The van der Waals surface area contributed by atoms with Gasteiger partial charge in [-0.3, -0.25) is 14.4 Å². The lowest BCUT2D eigenvalue weighted by atomic mass is 10.1. The van der Waals surface area contributed by atoms with Gasteiger partial charge in [-0.05, 0) is 19.4 Å². The first kappa shape index (κ1) is 23.3. The van der Waals surface area contributed by atoms with Gasteiger partial charge >= 0.3 is 5.97 Å². The molecule has 0 aliphatic carbocycles. The van der Waals surface area contributed by atoms with Gasteiger partial charge in [-0.1, -0.05) is 0 Å². The highest BCUT2D eigenvalue weighted by Gasteiger charge is 2.31. The monoisotopic (exact) mass is 426 g/mol. The third kappa shape index (κ3) is 6.50. The molecule has 2 rings (SSSR count). The number of nitrogens with one attached hydrogen (secondary N) is 5. The molecule has 8 N–H and O–H groups in total. The molecule has 4 atom stereocenters. The third-order valence-corrected chi connectivity index (χ3v) is 4.60. The number of hydrogen-bond acceptors (Lipinski definition) is 8. The highest BCUT2D eigenvalue weighted by atomic mass is 16.4. The van der Waals surface area contributed by atoms with Crippen molar-refractivity contribution in [1.29, 1.82) is 0 Å². The Kier molecular flexibility index (Phi) is 8.70. The standard InChI is InChI=1S/C17H26N6O7/c24-6-12(15(27)21-11(17(29)30)4-9-5-18-8-20-9)23-16(28)13(7-25)22-14(26)10-2-1-3-19-10/h5,8,10-13,19,24-25H,1-4,6-7H2,(H,18,20)(H,21,27)(H,22,26)(H,23,28)(H,29,30). The smallest absolute Gasteiger partial charge is 0.326 e. The molecule has 1 aromatic rings. The zero-order chi connectivity index (χ0) is 22.1. The summed E-state index contributed by atoms with van der Waals surface area (Å²) in [5, 5.41) is 38.0. The zero-order valence-electron chi connectivity index (χ0n) is 16.1. The minimum atomic E-state index is -1.48. The van der Waals surface area contributed by atoms with E-state index in [9.17, 15) is 34.5 Å². The van der Waals surface area contributed by atoms with E-state index in [2.05, 4.69) is 31.2 Å². The van der Waals surface area contributed by atoms with Gasteiger partial charge in [0.25, 0.3) is 0 Å². The number of aliphatic hydroxyl groups excluding tert-OH is 2. The Morgan fingerprint density at radius 2 is 1.70 bits per heavy atom. The van der Waals surface area contributed by atoms with E-state index in [0.717, 1.165) is 6.42 Å². The molecule has 0 saturated carbocycles. The van der Waals surface area contributed by atoms with Crippen molar-refractivity contribution >= 4 is 23.7 Å². The number of carbonyl (C=O) groups is 4. The molecule has 1 aromatic heterocycles. The molecule has 1 fully saturated rings. The number of rotatable bonds is 11. The predicted octanol–water partition coefficient (Wildman–Crippen LogP) is -3.77. The summed E-state index contributed by atoms with van der Waals surface area (Å²) in [7, 11) is 0. The Bertz CT molecular complexity index is 735. The number of carboxylic acids is 1. The van der Waals surface area contributed by atoms with E-state index in [0.29, 0.717) is 18.7 Å². The van der Waals surface area contributed by atoms with E-state index < -0.39 is 61.1 Å². The van der Waals surface area contributed by atoms with E-state index in [1.807, 2.05) is 0 Å². The van der Waals surface area contributed by atoms with Gasteiger partial charge in [-0.15, -0.1) is 0 Å². The minimum Gasteiger partial charge on any atom is -0.480 e. The van der Waals surface area contributed by atoms with E-state index in [4.69, 9.17) is 0 Å². The van der Waals surface area contributed by atoms with Crippen LogP contribution < -0.4 is 21.3 Å². The molecule has 166 valence electrons. The van der Waals surface area contributed by atoms with Gasteiger partial charge in [0.1, 0.15) is 18.1 Å². The van der Waals surface area contributed by atoms with E-state index >= 15 is 0 Å². The largest absolute Gasteiger partial charge is 0.480 e. The number of amides is 3. The summed E-state index contributed by atoms with van der Waals surface area (Å²) in [6, 6.07) is -4.60. The molecule has 30 heavy (non-hydrogen) atoms. The van der Waals surface area contributed by atoms with Crippen LogP contribution in [0.2, 0.25) is 0 Å². The van der Waals surface area contributed by atoms with Crippen LogP contribution in [0, 0.1) is 0 Å². The normalized spacial score (nSPS) is 18.8. The quantitative estimate of drug-likeness (QED) is 0.174. The van der Waals surface area contributed by atoms with Crippen molar-refractivity contribution in [3.05, 3.63) is 18.2 Å². The van der Waals surface area contributed by atoms with Crippen molar-refractivity contribution in [2.75, 3.05) is 19.8 Å². The van der Waals surface area contributed by atoms with Crippen LogP contribution in [0.25, 0.3) is 0 Å². The number of hydrogen-bond donors (Lipinski definition) is 8. The first-order chi connectivity index (χ1) is 14.3. The molecule has 13 nitrogen and oxygen atoms in total. The molecule has 0 radical (unpaired) electrons. The Morgan fingerprint density at radius 3 is 2.20 bits per heavy atom. The second kappa shape index (κ2) is 11.2. The maximum Gasteiger partial charge on any atom is 0.326 e. The van der Waals surface area contributed by atoms with Gasteiger partial charge in [-0.2, -0.15) is 0 Å². The van der Waals surface area contributed by atoms with Gasteiger partial charge in [0.15, 0.2) is 0 Å². The maximum atomic E-state index is 12.4. The molecule has 0 bridgehead atoms. The number of aliphatic hydroxyl groups is 2. The summed E-state index contributed by atoms with van der Waals surface area (Å²) in [5.74, 6) is -3.60. The Balaban J connectivity index is 1.93. The van der Waals surface area contributed by atoms with Crippen molar-refractivity contribution in [2.45, 2.75) is 43.4 Å². The Labute approximate surface area is 171 Å². The summed E-state index contributed by atoms with van der Waals surface area (Å²) in [5.41, 5.74) is 0.468. The predicted molar refractivity (Wildman–Crippen MR) is 101 cm³/mol. The Hall–Kier alpha value is -3.03. The van der Waals surface area contributed by atoms with Crippen molar-refractivity contribution in [2.24, 2.45) is 0 Å². The van der Waals surface area contributed by atoms with Crippen molar-refractivity contribution in [1.82, 2.24) is 31.2 Å². The second-order valence-electron chi connectivity index (χ2n) is 6.82. The van der Waals surface area contributed by atoms with E-state index in [1.54, 1.807) is 0 Å². The molecular formula is C17H26N6O7. The fraction of sp³-hybridized carbons (Fsp3) is 0.588. The topological polar surface area (TPSA) is 206 Å². The number of imidazole rings is 1. The summed E-state index contributed by atoms with van der Waals surface area (Å²) < 4.78 is 0. The maximum absolute atomic E-state index is 12.4. The molecule has 0 aromatic carbocycles. The molecule has 3 amide bonds. The van der Waals surface area contributed by atoms with Crippen LogP contribution in [0.4, 0.5) is 0 Å². The molecular weight excluding hydrogens is 400 g/mol. The van der Waals surface area contributed by atoms with Crippen molar-refractivity contribution < 1.29 is 34.5 Å². The van der Waals surface area contributed by atoms with Crippen molar-refractivity contribution in [3.8, 4) is 0 Å². The average Bonchev–Trinajstić information content (AvgIpc) is 3.43. The number of carboxylic acid groups (broad SMARTS) is 1. The summed E-state index contributed by atoms with van der Waals surface area (Å²) in [6.45, 7) is -0.865. The summed E-state index contributed by atoms with van der Waals surface area (Å²) in [6.07, 6.45) is 4.08. The Morgan fingerprint density at radius 1 is 1.07 bits per heavy atom.